The van der Waals surface area contributed by atoms with E-state index in [1.807, 2.05) is 0 Å². The molecular weight excluding hydrogens is 852 g/mol. The zero-order valence-electron chi connectivity index (χ0n) is 15.8. The predicted octanol–water partition coefficient (Wildman–Crippen LogP) is 11.3. The topological polar surface area (TPSA) is 21.7 Å². The molecule has 0 saturated carbocycles. The third-order valence-electron chi connectivity index (χ3n) is 3.66. The van der Waals surface area contributed by atoms with Crippen molar-refractivity contribution in [3.63, 3.8) is 0 Å². The summed E-state index contributed by atoms with van der Waals surface area (Å²) < 4.78 is 2.99. The van der Waals surface area contributed by atoms with Gasteiger partial charge < -0.3 is 0 Å². The van der Waals surface area contributed by atoms with Crippen molar-refractivity contribution in [2.45, 2.75) is 11.8 Å². The van der Waals surface area contributed by atoms with Gasteiger partial charge in [-0.15, -0.1) is 23.2 Å². The van der Waals surface area contributed by atoms with Crippen LogP contribution in [0.3, 0.4) is 0 Å². The minimum absolute atomic E-state index is 0.0835. The molecule has 3 nitrogen and oxygen atoms in total. The van der Waals surface area contributed by atoms with E-state index >= 15 is 0 Å². The van der Waals surface area contributed by atoms with Crippen molar-refractivity contribution in [3.8, 4) is 11.4 Å². The Hall–Kier alpha value is 2.46. The van der Waals surface area contributed by atoms with Crippen molar-refractivity contribution in [2.24, 2.45) is 0 Å². The molecule has 190 valence electrons. The first kappa shape index (κ1) is 32.7. The molecule has 3 aromatic rings. The van der Waals surface area contributed by atoms with Gasteiger partial charge in [-0.1, -0.05) is 79.0 Å². The third-order valence-corrected chi connectivity index (χ3v) is 5.76. The fourth-order valence-electron chi connectivity index (χ4n) is 2.54. The van der Waals surface area contributed by atoms with Gasteiger partial charge in [0.05, 0.1) is 31.9 Å². The average molecular weight is 860 g/mol. The van der Waals surface area contributed by atoms with Crippen molar-refractivity contribution in [1.82, 2.24) is 9.90 Å². The molecule has 1 heterocycles. The molecule has 0 atom stereocenters. The van der Waals surface area contributed by atoms with E-state index in [0.717, 1.165) is 0 Å². The van der Waals surface area contributed by atoms with Crippen LogP contribution in [0.4, 0.5) is 0 Å². The summed E-state index contributed by atoms with van der Waals surface area (Å²) in [6, 6.07) is 6.21. The molecule has 0 aliphatic heterocycles. The van der Waals surface area contributed by atoms with Crippen molar-refractivity contribution in [3.05, 3.63) is 65.8 Å². The molecule has 0 amide bonds. The second kappa shape index (κ2) is 11.5. The van der Waals surface area contributed by atoms with Crippen LogP contribution in [0.2, 0.25) is 30.1 Å². The Bertz CT molecular complexity index is 1100. The molecule has 0 bridgehead atoms. The molecule has 3 rings (SSSR count). The van der Waals surface area contributed by atoms with Gasteiger partial charge in [0.1, 0.15) is 5.21 Å². The molecule has 0 aliphatic rings. The van der Waals surface area contributed by atoms with Gasteiger partial charge in [0.15, 0.2) is 22.8 Å². The molecule has 1 aromatic heterocycles. The van der Waals surface area contributed by atoms with Gasteiger partial charge >= 0.3 is 62.1 Å². The molecule has 18 heteroatoms. The van der Waals surface area contributed by atoms with Gasteiger partial charge in [0.25, 0.3) is 0 Å². The van der Waals surface area contributed by atoms with Crippen LogP contribution in [0.5, 0.6) is 0 Å². The molecule has 0 N–H and O–H groups in total. The van der Waals surface area contributed by atoms with Gasteiger partial charge in [-0.05, 0) is 24.3 Å². The molecule has 0 spiro atoms. The first-order valence-electron chi connectivity index (χ1n) is 8.24. The van der Waals surface area contributed by atoms with Crippen LogP contribution in [0.25, 0.3) is 11.4 Å². The van der Waals surface area contributed by atoms with E-state index in [2.05, 4.69) is 5.21 Å². The summed E-state index contributed by atoms with van der Waals surface area (Å²) >= 11 is 49.7. The Morgan fingerprint density at radius 3 is 1.41 bits per heavy atom. The third kappa shape index (κ3) is 9.89. The first-order chi connectivity index (χ1) is 15.2. The summed E-state index contributed by atoms with van der Waals surface area (Å²) in [7, 11) is 25.0. The average Bonchev–Trinajstić information content (AvgIpc) is 2.95. The van der Waals surface area contributed by atoms with Gasteiger partial charge in [0.2, 0.25) is 0 Å². The first-order valence-corrected chi connectivity index (χ1v) is 31.0. The van der Waals surface area contributed by atoms with Gasteiger partial charge in [-0.25, -0.2) is 0 Å². The summed E-state index contributed by atoms with van der Waals surface area (Å²) in [5.41, 5.74) is 1.95. The molecule has 0 aliphatic carbocycles. The number of aromatic nitrogens is 3. The number of nitrogens with zero attached hydrogens (tertiary/aromatic N) is 3. The van der Waals surface area contributed by atoms with Gasteiger partial charge in [0, 0.05) is 10.0 Å². The van der Waals surface area contributed by atoms with Crippen LogP contribution < -0.4 is 4.68 Å². The molecular formula is C16H8Cl14N3Sb. The van der Waals surface area contributed by atoms with Gasteiger partial charge in [-0.3, -0.25) is 0 Å². The summed E-state index contributed by atoms with van der Waals surface area (Å²) in [6.07, 6.45) is 0. The molecule has 0 fully saturated rings. The quantitative estimate of drug-likeness (QED) is 0.146. The Morgan fingerprint density at radius 2 is 1.06 bits per heavy atom. The zero-order valence-corrected chi connectivity index (χ0v) is 28.9. The summed E-state index contributed by atoms with van der Waals surface area (Å²) in [5.74, 6) is 0.167. The number of alkyl halides is 2. The van der Waals surface area contributed by atoms with E-state index in [0.29, 0.717) is 52.9 Å². The van der Waals surface area contributed by atoms with Crippen LogP contribution in [0.1, 0.15) is 11.4 Å². The number of halogens is 14. The Balaban J connectivity index is 0.000000509. The van der Waals surface area contributed by atoms with E-state index in [4.69, 9.17) is 146 Å². The number of benzene rings is 2. The number of rotatable bonds is 4. The van der Waals surface area contributed by atoms with E-state index < -0.39 is 9.14 Å². The van der Waals surface area contributed by atoms with Crippen molar-refractivity contribution >= 4 is 155 Å². The summed E-state index contributed by atoms with van der Waals surface area (Å²) in [4.78, 5) is 0. The van der Waals surface area contributed by atoms with E-state index in [1.165, 1.54) is 9.36 Å². The molecule has 0 unspecified atom stereocenters. The Morgan fingerprint density at radius 1 is 0.676 bits per heavy atom. The Kier molecular flexibility index (Phi) is 11.1. The maximum atomic E-state index is 6.35. The van der Waals surface area contributed by atoms with Gasteiger partial charge in [-0.2, -0.15) is 0 Å². The SMILES string of the molecule is ClCc1c(CCl)[n+](-c2c(Cl)cc(Cl)cc2Cl)nn1-c1c(Cl)cc(Cl)cc1Cl.[Cl][Sb-]([Cl])([Cl])([Cl])([Cl])[Cl]. The standard InChI is InChI=1S/C16H8Cl8N3.6ClH.Sb/c17-5-13-14(6-18)27(16-11(23)3-8(20)4-12(16)24)25-26(13)15-9(21)1-7(19)2-10(15)22;;;;;;;/h1-4H,5-6H2;6*1H;/q+1;;;;;;;+5/p-6. The van der Waals surface area contributed by atoms with E-state index in [1.54, 1.807) is 24.3 Å². The number of hydrogen-bond donors (Lipinski definition) is 0. The van der Waals surface area contributed by atoms with E-state index in [-0.39, 0.29) is 11.8 Å². The van der Waals surface area contributed by atoms with Crippen molar-refractivity contribution < 1.29 is 4.68 Å². The normalized spacial score (nSPS) is 13.7. The van der Waals surface area contributed by atoms with Crippen molar-refractivity contribution in [2.75, 3.05) is 0 Å². The molecule has 0 saturated heterocycles. The maximum absolute atomic E-state index is 6.35. The molecule has 34 heavy (non-hydrogen) atoms. The van der Waals surface area contributed by atoms with Crippen LogP contribution in [0, 0.1) is 0 Å². The predicted molar refractivity (Wildman–Crippen MR) is 155 cm³/mol. The van der Waals surface area contributed by atoms with Crippen LogP contribution in [-0.2, 0) is 11.8 Å². The molecule has 0 radical (unpaired) electrons. The fraction of sp³-hybridized carbons (Fsp3) is 0.125. The fourth-order valence-corrected chi connectivity index (χ4v) is 5.03. The minimum atomic E-state index is -5.42. The van der Waals surface area contributed by atoms with E-state index in [9.17, 15) is 0 Å². The second-order valence-electron chi connectivity index (χ2n) is 6.27. The summed E-state index contributed by atoms with van der Waals surface area (Å²) in [5, 5.41) is 6.50. The molecule has 2 aromatic carbocycles. The van der Waals surface area contributed by atoms with Crippen LogP contribution in [0.15, 0.2) is 24.3 Å². The Labute approximate surface area is 254 Å². The van der Waals surface area contributed by atoms with Crippen LogP contribution in [-0.4, -0.2) is 19.0 Å². The van der Waals surface area contributed by atoms with Crippen LogP contribution >= 0.6 is 146 Å². The number of hydrogen-bond acceptors (Lipinski definition) is 1. The summed E-state index contributed by atoms with van der Waals surface area (Å²) in [6.45, 7) is 0. The second-order valence-corrected chi connectivity index (χ2v) is 66.2. The monoisotopic (exact) mass is 853 g/mol. The zero-order chi connectivity index (χ0) is 26.3. The van der Waals surface area contributed by atoms with Crippen molar-refractivity contribution in [1.29, 1.82) is 0 Å².